The standard InChI is InChI=1S/C9H8INO4/c10-4-5-15-9(12)7-2-1-3-8(6-7)11(13)14/h1-3,6H,4-5H2. The Bertz CT molecular complexity index is 380. The number of ether oxygens (including phenoxy) is 1. The molecule has 15 heavy (non-hydrogen) atoms. The number of alkyl halides is 1. The summed E-state index contributed by atoms with van der Waals surface area (Å²) >= 11 is 2.07. The predicted octanol–water partition coefficient (Wildman–Crippen LogP) is 2.19. The van der Waals surface area contributed by atoms with Crippen molar-refractivity contribution in [3.05, 3.63) is 39.9 Å². The molecule has 0 amide bonds. The molecule has 0 spiro atoms. The fourth-order valence-corrected chi connectivity index (χ4v) is 1.18. The number of hydrogen-bond acceptors (Lipinski definition) is 4. The average molecular weight is 321 g/mol. The Morgan fingerprint density at radius 2 is 2.27 bits per heavy atom. The first-order valence-corrected chi connectivity index (χ1v) is 5.65. The monoisotopic (exact) mass is 321 g/mol. The van der Waals surface area contributed by atoms with E-state index in [-0.39, 0.29) is 11.3 Å². The second kappa shape index (κ2) is 5.64. The fraction of sp³-hybridized carbons (Fsp3) is 0.222. The van der Waals surface area contributed by atoms with Gasteiger partial charge < -0.3 is 4.74 Å². The van der Waals surface area contributed by atoms with E-state index >= 15 is 0 Å². The minimum absolute atomic E-state index is 0.112. The lowest BCUT2D eigenvalue weighted by Gasteiger charge is -2.01. The van der Waals surface area contributed by atoms with Crippen molar-refractivity contribution in [3.63, 3.8) is 0 Å². The van der Waals surface area contributed by atoms with E-state index in [0.717, 1.165) is 0 Å². The van der Waals surface area contributed by atoms with Gasteiger partial charge in [0.25, 0.3) is 5.69 Å². The number of carbonyl (C=O) groups is 1. The Morgan fingerprint density at radius 1 is 1.53 bits per heavy atom. The van der Waals surface area contributed by atoms with Gasteiger partial charge in [-0.1, -0.05) is 28.7 Å². The number of esters is 1. The van der Waals surface area contributed by atoms with Crippen LogP contribution in [0.25, 0.3) is 0 Å². The van der Waals surface area contributed by atoms with Gasteiger partial charge in [-0.25, -0.2) is 4.79 Å². The third kappa shape index (κ3) is 3.46. The van der Waals surface area contributed by atoms with E-state index in [1.807, 2.05) is 0 Å². The number of nitro groups is 1. The third-order valence-corrected chi connectivity index (χ3v) is 2.04. The maximum Gasteiger partial charge on any atom is 0.338 e. The Kier molecular flexibility index (Phi) is 4.47. The maximum atomic E-state index is 11.3. The lowest BCUT2D eigenvalue weighted by atomic mass is 10.2. The van der Waals surface area contributed by atoms with Crippen LogP contribution in [0, 0.1) is 10.1 Å². The Labute approximate surface area is 99.7 Å². The van der Waals surface area contributed by atoms with Crippen molar-refractivity contribution in [1.29, 1.82) is 0 Å². The average Bonchev–Trinajstić information content (AvgIpc) is 2.26. The van der Waals surface area contributed by atoms with Crippen LogP contribution in [0.2, 0.25) is 0 Å². The Balaban J connectivity index is 2.81. The Hall–Kier alpha value is -1.18. The van der Waals surface area contributed by atoms with Crippen LogP contribution >= 0.6 is 22.6 Å². The molecule has 0 fully saturated rings. The number of carbonyl (C=O) groups excluding carboxylic acids is 1. The minimum Gasteiger partial charge on any atom is -0.461 e. The number of rotatable bonds is 4. The van der Waals surface area contributed by atoms with E-state index in [9.17, 15) is 14.9 Å². The molecule has 0 unspecified atom stereocenters. The van der Waals surface area contributed by atoms with Crippen LogP contribution in [0.1, 0.15) is 10.4 Å². The zero-order valence-corrected chi connectivity index (χ0v) is 9.84. The van der Waals surface area contributed by atoms with Crippen LogP contribution in [0.4, 0.5) is 5.69 Å². The first-order valence-electron chi connectivity index (χ1n) is 4.12. The van der Waals surface area contributed by atoms with Gasteiger partial charge in [0.05, 0.1) is 10.5 Å². The molecule has 0 aromatic heterocycles. The molecule has 0 saturated heterocycles. The van der Waals surface area contributed by atoms with Gasteiger partial charge in [-0.3, -0.25) is 10.1 Å². The summed E-state index contributed by atoms with van der Waals surface area (Å²) < 4.78 is 5.54. The van der Waals surface area contributed by atoms with Crippen molar-refractivity contribution in [1.82, 2.24) is 0 Å². The van der Waals surface area contributed by atoms with E-state index in [1.54, 1.807) is 0 Å². The summed E-state index contributed by atoms with van der Waals surface area (Å²) in [6.07, 6.45) is 0. The molecule has 0 aliphatic heterocycles. The van der Waals surface area contributed by atoms with Crippen molar-refractivity contribution >= 4 is 34.2 Å². The predicted molar refractivity (Wildman–Crippen MR) is 62.3 cm³/mol. The normalized spacial score (nSPS) is 9.67. The molecule has 0 aliphatic carbocycles. The number of halogens is 1. The lowest BCUT2D eigenvalue weighted by molar-refractivity contribution is -0.384. The molecule has 1 rings (SSSR count). The molecule has 0 N–H and O–H groups in total. The Morgan fingerprint density at radius 3 is 2.87 bits per heavy atom. The molecule has 0 radical (unpaired) electrons. The van der Waals surface area contributed by atoms with Gasteiger partial charge in [0.1, 0.15) is 6.61 Å². The van der Waals surface area contributed by atoms with E-state index in [2.05, 4.69) is 22.6 Å². The molecule has 1 aromatic rings. The number of nitrogens with zero attached hydrogens (tertiary/aromatic N) is 1. The molecule has 5 nitrogen and oxygen atoms in total. The summed E-state index contributed by atoms with van der Waals surface area (Å²) in [6, 6.07) is 5.48. The number of benzene rings is 1. The summed E-state index contributed by atoms with van der Waals surface area (Å²) in [6.45, 7) is 0.308. The van der Waals surface area contributed by atoms with Crippen LogP contribution in [-0.4, -0.2) is 21.9 Å². The second-order valence-corrected chi connectivity index (χ2v) is 3.71. The molecule has 0 atom stereocenters. The molecule has 0 saturated carbocycles. The number of nitro benzene ring substituents is 1. The van der Waals surface area contributed by atoms with E-state index in [0.29, 0.717) is 11.0 Å². The smallest absolute Gasteiger partial charge is 0.338 e. The maximum absolute atomic E-state index is 11.3. The van der Waals surface area contributed by atoms with Gasteiger partial charge in [0.2, 0.25) is 0 Å². The fourth-order valence-electron chi connectivity index (χ4n) is 0.961. The van der Waals surface area contributed by atoms with Crippen molar-refractivity contribution in [3.8, 4) is 0 Å². The van der Waals surface area contributed by atoms with Crippen LogP contribution in [0.15, 0.2) is 24.3 Å². The zero-order chi connectivity index (χ0) is 11.3. The highest BCUT2D eigenvalue weighted by Crippen LogP contribution is 2.13. The van der Waals surface area contributed by atoms with Gasteiger partial charge in [-0.2, -0.15) is 0 Å². The largest absolute Gasteiger partial charge is 0.461 e. The van der Waals surface area contributed by atoms with Crippen LogP contribution < -0.4 is 0 Å². The summed E-state index contributed by atoms with van der Waals surface area (Å²) in [4.78, 5) is 21.2. The van der Waals surface area contributed by atoms with E-state index < -0.39 is 10.9 Å². The molecular formula is C9H8INO4. The molecule has 0 bridgehead atoms. The summed E-state index contributed by atoms with van der Waals surface area (Å²) in [7, 11) is 0. The molecule has 0 heterocycles. The van der Waals surface area contributed by atoms with Crippen LogP contribution in [-0.2, 0) is 4.74 Å². The molecule has 6 heteroatoms. The zero-order valence-electron chi connectivity index (χ0n) is 7.68. The third-order valence-electron chi connectivity index (χ3n) is 1.60. The van der Waals surface area contributed by atoms with Gasteiger partial charge in [-0.05, 0) is 6.07 Å². The highest BCUT2D eigenvalue weighted by molar-refractivity contribution is 14.1. The van der Waals surface area contributed by atoms with Crippen LogP contribution in [0.3, 0.4) is 0 Å². The van der Waals surface area contributed by atoms with Crippen molar-refractivity contribution in [2.24, 2.45) is 0 Å². The van der Waals surface area contributed by atoms with E-state index in [1.165, 1.54) is 24.3 Å². The van der Waals surface area contributed by atoms with Gasteiger partial charge in [-0.15, -0.1) is 0 Å². The SMILES string of the molecule is O=C(OCCI)c1cccc([N+](=O)[O-])c1. The topological polar surface area (TPSA) is 69.4 Å². The van der Waals surface area contributed by atoms with E-state index in [4.69, 9.17) is 4.74 Å². The summed E-state index contributed by atoms with van der Waals surface area (Å²) in [5.41, 5.74) is 0.0907. The quantitative estimate of drug-likeness (QED) is 0.280. The summed E-state index contributed by atoms with van der Waals surface area (Å²) in [5.74, 6) is -0.532. The number of hydrogen-bond donors (Lipinski definition) is 0. The summed E-state index contributed by atoms with van der Waals surface area (Å²) in [5, 5.41) is 10.4. The van der Waals surface area contributed by atoms with Gasteiger partial charge in [0.15, 0.2) is 0 Å². The molecule has 80 valence electrons. The molecule has 0 aliphatic rings. The first-order chi connectivity index (χ1) is 7.15. The van der Waals surface area contributed by atoms with Gasteiger partial charge in [0, 0.05) is 16.6 Å². The first kappa shape index (κ1) is 11.9. The van der Waals surface area contributed by atoms with Crippen molar-refractivity contribution in [2.75, 3.05) is 11.0 Å². The molecular weight excluding hydrogens is 313 g/mol. The minimum atomic E-state index is -0.547. The lowest BCUT2D eigenvalue weighted by Crippen LogP contribution is -2.07. The van der Waals surface area contributed by atoms with Crippen LogP contribution in [0.5, 0.6) is 0 Å². The van der Waals surface area contributed by atoms with Crippen molar-refractivity contribution < 1.29 is 14.5 Å². The highest BCUT2D eigenvalue weighted by Gasteiger charge is 2.11. The molecule has 1 aromatic carbocycles. The van der Waals surface area contributed by atoms with Crippen molar-refractivity contribution in [2.45, 2.75) is 0 Å². The second-order valence-electron chi connectivity index (χ2n) is 2.63. The van der Waals surface area contributed by atoms with Gasteiger partial charge >= 0.3 is 5.97 Å². The highest BCUT2D eigenvalue weighted by atomic mass is 127. The number of non-ortho nitro benzene ring substituents is 1.